The summed E-state index contributed by atoms with van der Waals surface area (Å²) in [5.74, 6) is -1.35. The molecule has 0 spiro atoms. The molecule has 0 heterocycles. The standard InChI is InChI=1S/C9H17F3N2O4S/c1-13(2)5-3-6-14(7-4-8(15)16)19(17,18)9(10,11)12/h3-7H2,1-2H3,(H,15,16). The maximum Gasteiger partial charge on any atom is 0.511 e. The van der Waals surface area contributed by atoms with Gasteiger partial charge in [0.2, 0.25) is 0 Å². The molecule has 0 rings (SSSR count). The van der Waals surface area contributed by atoms with E-state index in [1.807, 2.05) is 0 Å². The Morgan fingerprint density at radius 1 is 1.16 bits per heavy atom. The molecular weight excluding hydrogens is 289 g/mol. The Labute approximate surface area is 109 Å². The van der Waals surface area contributed by atoms with Crippen molar-refractivity contribution in [2.24, 2.45) is 0 Å². The highest BCUT2D eigenvalue weighted by atomic mass is 32.2. The Morgan fingerprint density at radius 3 is 2.05 bits per heavy atom. The van der Waals surface area contributed by atoms with Crippen LogP contribution in [0.1, 0.15) is 12.8 Å². The van der Waals surface area contributed by atoms with Gasteiger partial charge in [0.05, 0.1) is 6.42 Å². The van der Waals surface area contributed by atoms with Crippen molar-refractivity contribution in [3.05, 3.63) is 0 Å². The summed E-state index contributed by atoms with van der Waals surface area (Å²) in [6, 6.07) is 0. The molecule has 0 atom stereocenters. The van der Waals surface area contributed by atoms with Crippen molar-refractivity contribution in [1.29, 1.82) is 0 Å². The molecule has 0 aliphatic heterocycles. The molecule has 0 radical (unpaired) electrons. The molecule has 0 aromatic carbocycles. The highest BCUT2D eigenvalue weighted by Gasteiger charge is 2.49. The topological polar surface area (TPSA) is 77.9 Å². The molecule has 0 aromatic rings. The van der Waals surface area contributed by atoms with E-state index in [2.05, 4.69) is 0 Å². The predicted octanol–water partition coefficient (Wildman–Crippen LogP) is 0.564. The third-order valence-electron chi connectivity index (χ3n) is 2.22. The van der Waals surface area contributed by atoms with Crippen molar-refractivity contribution < 1.29 is 31.5 Å². The largest absolute Gasteiger partial charge is 0.511 e. The average Bonchev–Trinajstić information content (AvgIpc) is 2.20. The number of nitrogens with zero attached hydrogens (tertiary/aromatic N) is 2. The fraction of sp³-hybridized carbons (Fsp3) is 0.889. The minimum absolute atomic E-state index is 0.171. The van der Waals surface area contributed by atoms with Gasteiger partial charge in [0.1, 0.15) is 0 Å². The van der Waals surface area contributed by atoms with Gasteiger partial charge in [0.15, 0.2) is 0 Å². The summed E-state index contributed by atoms with van der Waals surface area (Å²) < 4.78 is 59.9. The van der Waals surface area contributed by atoms with E-state index >= 15 is 0 Å². The highest BCUT2D eigenvalue weighted by Crippen LogP contribution is 2.27. The van der Waals surface area contributed by atoms with E-state index in [0.717, 1.165) is 0 Å². The van der Waals surface area contributed by atoms with Crippen LogP contribution >= 0.6 is 0 Å². The fourth-order valence-corrected chi connectivity index (χ4v) is 2.28. The van der Waals surface area contributed by atoms with E-state index in [1.165, 1.54) is 0 Å². The van der Waals surface area contributed by atoms with Crippen LogP contribution < -0.4 is 0 Å². The van der Waals surface area contributed by atoms with Crippen LogP contribution in [0.4, 0.5) is 13.2 Å². The Hall–Kier alpha value is -0.870. The summed E-state index contributed by atoms with van der Waals surface area (Å²) >= 11 is 0. The molecule has 1 N–H and O–H groups in total. The van der Waals surface area contributed by atoms with Crippen molar-refractivity contribution in [2.75, 3.05) is 33.7 Å². The fourth-order valence-electron chi connectivity index (χ4n) is 1.28. The Kier molecular flexibility index (Phi) is 6.73. The second kappa shape index (κ2) is 7.06. The first-order chi connectivity index (χ1) is 8.48. The quantitative estimate of drug-likeness (QED) is 0.709. The lowest BCUT2D eigenvalue weighted by Gasteiger charge is -2.23. The first kappa shape index (κ1) is 18.1. The Balaban J connectivity index is 4.81. The van der Waals surface area contributed by atoms with Gasteiger partial charge in [-0.25, -0.2) is 8.42 Å². The predicted molar refractivity (Wildman–Crippen MR) is 62.0 cm³/mol. The van der Waals surface area contributed by atoms with Crippen LogP contribution in [0.15, 0.2) is 0 Å². The molecule has 0 aliphatic carbocycles. The number of hydrogen-bond donors (Lipinski definition) is 1. The SMILES string of the molecule is CN(C)CCCN(CCC(=O)O)S(=O)(=O)C(F)(F)F. The van der Waals surface area contributed by atoms with Gasteiger partial charge in [-0.2, -0.15) is 17.5 Å². The van der Waals surface area contributed by atoms with E-state index in [0.29, 0.717) is 6.54 Å². The summed E-state index contributed by atoms with van der Waals surface area (Å²) in [6.45, 7) is -0.658. The number of hydrogen-bond acceptors (Lipinski definition) is 4. The zero-order chi connectivity index (χ0) is 15.3. The molecule has 0 fully saturated rings. The maximum absolute atomic E-state index is 12.4. The van der Waals surface area contributed by atoms with Crippen molar-refractivity contribution >= 4 is 16.0 Å². The van der Waals surface area contributed by atoms with Gasteiger partial charge in [-0.15, -0.1) is 0 Å². The van der Waals surface area contributed by atoms with Gasteiger partial charge in [0.25, 0.3) is 0 Å². The zero-order valence-electron chi connectivity index (χ0n) is 10.6. The van der Waals surface area contributed by atoms with Crippen LogP contribution in [0.2, 0.25) is 0 Å². The molecule has 0 saturated carbocycles. The molecule has 19 heavy (non-hydrogen) atoms. The second-order valence-corrected chi connectivity index (χ2v) is 6.08. The molecular formula is C9H17F3N2O4S. The molecule has 0 amide bonds. The van der Waals surface area contributed by atoms with Crippen LogP contribution in [-0.4, -0.2) is 67.9 Å². The van der Waals surface area contributed by atoms with Crippen molar-refractivity contribution in [3.63, 3.8) is 0 Å². The summed E-state index contributed by atoms with van der Waals surface area (Å²) in [7, 11) is -2.09. The molecule has 0 aromatic heterocycles. The summed E-state index contributed by atoms with van der Waals surface area (Å²) in [5, 5.41) is 8.43. The Bertz CT molecular complexity index is 395. The number of sulfonamides is 1. The van der Waals surface area contributed by atoms with Crippen molar-refractivity contribution in [2.45, 2.75) is 18.3 Å². The maximum atomic E-state index is 12.4. The lowest BCUT2D eigenvalue weighted by molar-refractivity contribution is -0.137. The van der Waals surface area contributed by atoms with E-state index in [9.17, 15) is 26.4 Å². The number of rotatable bonds is 8. The van der Waals surface area contributed by atoms with Gasteiger partial charge in [-0.1, -0.05) is 0 Å². The first-order valence-electron chi connectivity index (χ1n) is 5.41. The number of aliphatic carboxylic acids is 1. The van der Waals surface area contributed by atoms with E-state index in [4.69, 9.17) is 5.11 Å². The number of carboxylic acids is 1. The monoisotopic (exact) mass is 306 g/mol. The first-order valence-corrected chi connectivity index (χ1v) is 6.85. The molecule has 10 heteroatoms. The van der Waals surface area contributed by atoms with E-state index < -0.39 is 34.5 Å². The Morgan fingerprint density at radius 2 is 1.68 bits per heavy atom. The smallest absolute Gasteiger partial charge is 0.481 e. The molecule has 0 aliphatic rings. The van der Waals surface area contributed by atoms with Gasteiger partial charge in [-0.05, 0) is 27.1 Å². The van der Waals surface area contributed by atoms with E-state index in [-0.39, 0.29) is 17.3 Å². The lowest BCUT2D eigenvalue weighted by Crippen LogP contribution is -2.42. The van der Waals surface area contributed by atoms with Crippen LogP contribution in [0.3, 0.4) is 0 Å². The average molecular weight is 306 g/mol. The van der Waals surface area contributed by atoms with Gasteiger partial charge < -0.3 is 10.0 Å². The third-order valence-corrected chi connectivity index (χ3v) is 3.85. The van der Waals surface area contributed by atoms with Crippen LogP contribution in [-0.2, 0) is 14.8 Å². The van der Waals surface area contributed by atoms with Crippen molar-refractivity contribution in [3.8, 4) is 0 Å². The summed E-state index contributed by atoms with van der Waals surface area (Å²) in [5.41, 5.74) is -5.41. The van der Waals surface area contributed by atoms with Crippen LogP contribution in [0.25, 0.3) is 0 Å². The van der Waals surface area contributed by atoms with Crippen molar-refractivity contribution in [1.82, 2.24) is 9.21 Å². The lowest BCUT2D eigenvalue weighted by atomic mass is 10.3. The molecule has 6 nitrogen and oxygen atoms in total. The summed E-state index contributed by atoms with van der Waals surface area (Å²) in [4.78, 5) is 12.0. The second-order valence-electron chi connectivity index (χ2n) is 4.15. The minimum Gasteiger partial charge on any atom is -0.481 e. The third kappa shape index (κ3) is 6.21. The number of carboxylic acid groups (broad SMARTS) is 1. The number of halogens is 3. The van der Waals surface area contributed by atoms with Crippen LogP contribution in [0.5, 0.6) is 0 Å². The molecule has 0 unspecified atom stereocenters. The van der Waals surface area contributed by atoms with Gasteiger partial charge >= 0.3 is 21.5 Å². The van der Waals surface area contributed by atoms with Crippen LogP contribution in [0, 0.1) is 0 Å². The van der Waals surface area contributed by atoms with E-state index in [1.54, 1.807) is 19.0 Å². The number of alkyl halides is 3. The molecule has 0 saturated heterocycles. The number of carbonyl (C=O) groups is 1. The van der Waals surface area contributed by atoms with Gasteiger partial charge in [-0.3, -0.25) is 4.79 Å². The molecule has 0 bridgehead atoms. The normalized spacial score (nSPS) is 13.2. The van der Waals surface area contributed by atoms with Gasteiger partial charge in [0, 0.05) is 13.1 Å². The zero-order valence-corrected chi connectivity index (χ0v) is 11.5. The minimum atomic E-state index is -5.48. The molecule has 114 valence electrons. The summed E-state index contributed by atoms with van der Waals surface area (Å²) in [6.07, 6.45) is -0.487. The highest BCUT2D eigenvalue weighted by molar-refractivity contribution is 7.90.